The summed E-state index contributed by atoms with van der Waals surface area (Å²) in [7, 11) is 1.27. The number of nitrogens with one attached hydrogen (secondary N) is 2. The van der Waals surface area contributed by atoms with Gasteiger partial charge in [0.2, 0.25) is 0 Å². The summed E-state index contributed by atoms with van der Waals surface area (Å²) in [6.45, 7) is 4.15. The van der Waals surface area contributed by atoms with Crippen molar-refractivity contribution < 1.29 is 14.5 Å². The molecular formula is C14H19N3O4. The molecule has 0 heterocycles. The van der Waals surface area contributed by atoms with Crippen LogP contribution in [0, 0.1) is 10.1 Å². The number of nitro groups is 1. The summed E-state index contributed by atoms with van der Waals surface area (Å²) in [5.41, 5.74) is 0.982. The lowest BCUT2D eigenvalue weighted by atomic mass is 10.1. The molecule has 1 aromatic carbocycles. The number of carbonyl (C=O) groups excluding carboxylic acids is 1. The lowest BCUT2D eigenvalue weighted by Gasteiger charge is -2.08. The van der Waals surface area contributed by atoms with E-state index in [0.29, 0.717) is 17.8 Å². The number of hydrogen-bond donors (Lipinski definition) is 2. The number of benzene rings is 1. The first-order valence-corrected chi connectivity index (χ1v) is 6.57. The first-order chi connectivity index (χ1) is 10.1. The third kappa shape index (κ3) is 5.62. The molecule has 0 amide bonds. The van der Waals surface area contributed by atoms with Crippen LogP contribution in [0.1, 0.15) is 12.5 Å². The molecule has 0 atom stereocenters. The molecule has 0 aliphatic rings. The highest BCUT2D eigenvalue weighted by molar-refractivity contribution is 5.87. The number of carbonyl (C=O) groups is 1. The van der Waals surface area contributed by atoms with Crippen molar-refractivity contribution >= 4 is 23.4 Å². The fraction of sp³-hybridized carbons (Fsp3) is 0.357. The molecular weight excluding hydrogens is 274 g/mol. The van der Waals surface area contributed by atoms with Crippen molar-refractivity contribution in [2.75, 3.05) is 32.1 Å². The van der Waals surface area contributed by atoms with Gasteiger partial charge in [0.15, 0.2) is 0 Å². The topological polar surface area (TPSA) is 93.5 Å². The van der Waals surface area contributed by atoms with Crippen LogP contribution < -0.4 is 10.6 Å². The second-order valence-electron chi connectivity index (χ2n) is 4.17. The maximum Gasteiger partial charge on any atom is 0.330 e. The Kier molecular flexibility index (Phi) is 6.90. The number of anilines is 1. The molecule has 0 saturated heterocycles. The van der Waals surface area contributed by atoms with Gasteiger partial charge in [0.25, 0.3) is 5.69 Å². The van der Waals surface area contributed by atoms with Crippen LogP contribution in [0.2, 0.25) is 0 Å². The van der Waals surface area contributed by atoms with Crippen molar-refractivity contribution in [1.29, 1.82) is 0 Å². The minimum Gasteiger partial charge on any atom is -0.466 e. The largest absolute Gasteiger partial charge is 0.466 e. The van der Waals surface area contributed by atoms with E-state index in [-0.39, 0.29) is 5.69 Å². The first kappa shape index (κ1) is 16.6. The van der Waals surface area contributed by atoms with Crippen molar-refractivity contribution in [3.05, 3.63) is 40.0 Å². The van der Waals surface area contributed by atoms with E-state index in [9.17, 15) is 14.9 Å². The lowest BCUT2D eigenvalue weighted by molar-refractivity contribution is -0.384. The van der Waals surface area contributed by atoms with Gasteiger partial charge in [-0.2, -0.15) is 0 Å². The monoisotopic (exact) mass is 293 g/mol. The zero-order chi connectivity index (χ0) is 15.7. The average Bonchev–Trinajstić information content (AvgIpc) is 2.49. The number of likely N-dealkylation sites (N-methyl/N-ethyl adjacent to an activating group) is 1. The van der Waals surface area contributed by atoms with E-state index in [2.05, 4.69) is 15.4 Å². The second-order valence-corrected chi connectivity index (χ2v) is 4.17. The van der Waals surface area contributed by atoms with Crippen LogP contribution in [-0.2, 0) is 9.53 Å². The van der Waals surface area contributed by atoms with Gasteiger partial charge in [0.05, 0.1) is 12.0 Å². The highest BCUT2D eigenvalue weighted by atomic mass is 16.6. The summed E-state index contributed by atoms with van der Waals surface area (Å²) in [6, 6.07) is 4.73. The number of nitro benzene ring substituents is 1. The minimum atomic E-state index is -0.509. The number of hydrogen-bond acceptors (Lipinski definition) is 6. The molecule has 114 valence electrons. The van der Waals surface area contributed by atoms with Crippen molar-refractivity contribution in [1.82, 2.24) is 5.32 Å². The fourth-order valence-corrected chi connectivity index (χ4v) is 1.65. The third-order valence-corrected chi connectivity index (χ3v) is 2.70. The van der Waals surface area contributed by atoms with Crippen LogP contribution in [0.15, 0.2) is 24.3 Å². The lowest BCUT2D eigenvalue weighted by Crippen LogP contribution is -2.21. The Hall–Kier alpha value is -2.41. The standard InChI is InChI=1S/C14H19N3O4/c1-3-15-8-9-16-12-6-4-11(5-7-14(18)21-2)10-13(12)17(19)20/h4-7,10,15-16H,3,8-9H2,1-2H3/b7-5+. The van der Waals surface area contributed by atoms with E-state index in [1.54, 1.807) is 12.1 Å². The number of ether oxygens (including phenoxy) is 1. The van der Waals surface area contributed by atoms with Gasteiger partial charge in [-0.1, -0.05) is 13.0 Å². The Morgan fingerprint density at radius 1 is 1.43 bits per heavy atom. The van der Waals surface area contributed by atoms with Gasteiger partial charge < -0.3 is 15.4 Å². The number of rotatable bonds is 8. The van der Waals surface area contributed by atoms with E-state index < -0.39 is 10.9 Å². The van der Waals surface area contributed by atoms with Crippen molar-refractivity contribution in [2.45, 2.75) is 6.92 Å². The van der Waals surface area contributed by atoms with Gasteiger partial charge in [-0.05, 0) is 24.3 Å². The molecule has 7 heteroatoms. The van der Waals surface area contributed by atoms with Crippen LogP contribution in [0.3, 0.4) is 0 Å². The highest BCUT2D eigenvalue weighted by Crippen LogP contribution is 2.25. The highest BCUT2D eigenvalue weighted by Gasteiger charge is 2.13. The molecule has 0 saturated carbocycles. The number of nitrogens with zero attached hydrogens (tertiary/aromatic N) is 1. The van der Waals surface area contributed by atoms with Gasteiger partial charge in [0, 0.05) is 25.2 Å². The summed E-state index contributed by atoms with van der Waals surface area (Å²) in [6.07, 6.45) is 2.69. The number of esters is 1. The zero-order valence-corrected chi connectivity index (χ0v) is 12.1. The Balaban J connectivity index is 2.84. The van der Waals surface area contributed by atoms with Crippen LogP contribution in [0.4, 0.5) is 11.4 Å². The van der Waals surface area contributed by atoms with Crippen molar-refractivity contribution in [2.24, 2.45) is 0 Å². The Labute approximate surface area is 123 Å². The molecule has 0 aliphatic carbocycles. The van der Waals surface area contributed by atoms with Gasteiger partial charge in [-0.25, -0.2) is 4.79 Å². The predicted molar refractivity (Wildman–Crippen MR) is 81.2 cm³/mol. The van der Waals surface area contributed by atoms with E-state index in [1.807, 2.05) is 6.92 Å². The predicted octanol–water partition coefficient (Wildman–Crippen LogP) is 1.80. The van der Waals surface area contributed by atoms with Gasteiger partial charge in [0.1, 0.15) is 5.69 Å². The number of methoxy groups -OCH3 is 1. The molecule has 2 N–H and O–H groups in total. The molecule has 0 unspecified atom stereocenters. The van der Waals surface area contributed by atoms with E-state index in [1.165, 1.54) is 25.3 Å². The van der Waals surface area contributed by atoms with E-state index in [4.69, 9.17) is 0 Å². The Morgan fingerprint density at radius 2 is 2.19 bits per heavy atom. The molecule has 0 aromatic heterocycles. The molecule has 7 nitrogen and oxygen atoms in total. The summed E-state index contributed by atoms with van der Waals surface area (Å²) < 4.78 is 4.47. The average molecular weight is 293 g/mol. The summed E-state index contributed by atoms with van der Waals surface area (Å²) in [4.78, 5) is 21.6. The maximum atomic E-state index is 11.1. The van der Waals surface area contributed by atoms with Crippen LogP contribution in [0.25, 0.3) is 6.08 Å². The third-order valence-electron chi connectivity index (χ3n) is 2.70. The molecule has 1 rings (SSSR count). The smallest absolute Gasteiger partial charge is 0.330 e. The molecule has 1 aromatic rings. The zero-order valence-electron chi connectivity index (χ0n) is 12.1. The molecule has 21 heavy (non-hydrogen) atoms. The normalized spacial score (nSPS) is 10.6. The van der Waals surface area contributed by atoms with Crippen LogP contribution in [0.5, 0.6) is 0 Å². The molecule has 0 radical (unpaired) electrons. The van der Waals surface area contributed by atoms with E-state index in [0.717, 1.165) is 13.1 Å². The molecule has 0 aliphatic heterocycles. The summed E-state index contributed by atoms with van der Waals surface area (Å²) >= 11 is 0. The van der Waals surface area contributed by atoms with Crippen LogP contribution in [-0.4, -0.2) is 37.6 Å². The summed E-state index contributed by atoms with van der Waals surface area (Å²) in [5, 5.41) is 17.2. The first-order valence-electron chi connectivity index (χ1n) is 6.57. The molecule has 0 bridgehead atoms. The Morgan fingerprint density at radius 3 is 2.81 bits per heavy atom. The van der Waals surface area contributed by atoms with Gasteiger partial charge in [-0.3, -0.25) is 10.1 Å². The molecule has 0 fully saturated rings. The van der Waals surface area contributed by atoms with Crippen molar-refractivity contribution in [3.8, 4) is 0 Å². The quantitative estimate of drug-likeness (QED) is 0.249. The maximum absolute atomic E-state index is 11.1. The van der Waals surface area contributed by atoms with Crippen LogP contribution >= 0.6 is 0 Å². The van der Waals surface area contributed by atoms with Crippen molar-refractivity contribution in [3.63, 3.8) is 0 Å². The van der Waals surface area contributed by atoms with E-state index >= 15 is 0 Å². The fourth-order valence-electron chi connectivity index (χ4n) is 1.65. The van der Waals surface area contributed by atoms with Gasteiger partial charge in [-0.15, -0.1) is 0 Å². The summed E-state index contributed by atoms with van der Waals surface area (Å²) in [5.74, 6) is -0.509. The molecule has 0 spiro atoms. The Bertz CT molecular complexity index is 529. The minimum absolute atomic E-state index is 0.0292. The van der Waals surface area contributed by atoms with Gasteiger partial charge >= 0.3 is 5.97 Å². The second kappa shape index (κ2) is 8.70. The SMILES string of the molecule is CCNCCNc1ccc(/C=C/C(=O)OC)cc1[N+](=O)[O-].